The average Bonchev–Trinajstić information content (AvgIpc) is 3.20. The first-order valence-electron chi connectivity index (χ1n) is 17.3. The summed E-state index contributed by atoms with van der Waals surface area (Å²) < 4.78 is 43.3. The second kappa shape index (κ2) is 20.1. The van der Waals surface area contributed by atoms with Crippen LogP contribution in [0.15, 0.2) is 116 Å². The van der Waals surface area contributed by atoms with Crippen LogP contribution in [0.2, 0.25) is 0 Å². The molecule has 0 unspecified atom stereocenters. The molecule has 0 amide bonds. The van der Waals surface area contributed by atoms with Crippen molar-refractivity contribution in [2.75, 3.05) is 52.9 Å². The lowest BCUT2D eigenvalue weighted by Gasteiger charge is -2.11. The summed E-state index contributed by atoms with van der Waals surface area (Å²) in [7, 11) is 0. The molecule has 5 aromatic carbocycles. The lowest BCUT2D eigenvalue weighted by Crippen LogP contribution is -2.12. The van der Waals surface area contributed by atoms with E-state index in [-0.39, 0.29) is 26.4 Å². The van der Waals surface area contributed by atoms with E-state index >= 15 is 0 Å². The highest BCUT2D eigenvalue weighted by Gasteiger charge is 2.15. The molecule has 5 rings (SSSR count). The van der Waals surface area contributed by atoms with Crippen molar-refractivity contribution >= 4 is 45.4 Å². The van der Waals surface area contributed by atoms with Crippen molar-refractivity contribution in [2.24, 2.45) is 0 Å². The second-order valence-corrected chi connectivity index (χ2v) is 11.8. The van der Waals surface area contributed by atoms with Gasteiger partial charge in [-0.05, 0) is 101 Å². The van der Waals surface area contributed by atoms with E-state index < -0.39 is 23.9 Å². The first-order chi connectivity index (χ1) is 26.7. The third kappa shape index (κ3) is 12.0. The highest BCUT2D eigenvalue weighted by atomic mass is 16.6. The Hall–Kier alpha value is -6.50. The molecule has 12 nitrogen and oxygen atoms in total. The highest BCUT2D eigenvalue weighted by Crippen LogP contribution is 2.28. The number of fused-ring (bicyclic) bond motifs is 2. The van der Waals surface area contributed by atoms with Gasteiger partial charge in [-0.3, -0.25) is 0 Å². The summed E-state index contributed by atoms with van der Waals surface area (Å²) in [6.45, 7) is 10.5. The third-order valence-electron chi connectivity index (χ3n) is 7.92. The predicted octanol–water partition coefficient (Wildman–Crippen LogP) is 6.99. The molecule has 0 saturated heterocycles. The van der Waals surface area contributed by atoms with Gasteiger partial charge in [0, 0.05) is 12.2 Å². The van der Waals surface area contributed by atoms with Gasteiger partial charge >= 0.3 is 23.9 Å². The summed E-state index contributed by atoms with van der Waals surface area (Å²) >= 11 is 0. The molecule has 0 aromatic heterocycles. The SMILES string of the molecule is C=CC(=O)OCCOCCOc1ccc2cc(C(=O)Oc3ccc(OC(=O)c4ccc5cc(OCCOCCOC(=O)C=C)ccc5c4)c(C)c3)ccc2c1. The highest BCUT2D eigenvalue weighted by molar-refractivity contribution is 5.98. The third-order valence-corrected chi connectivity index (χ3v) is 7.92. The van der Waals surface area contributed by atoms with Gasteiger partial charge in [0.25, 0.3) is 0 Å². The number of carbonyl (C=O) groups is 4. The quantitative estimate of drug-likeness (QED) is 0.0351. The number of hydrogen-bond acceptors (Lipinski definition) is 12. The largest absolute Gasteiger partial charge is 0.491 e. The molecule has 0 fully saturated rings. The number of benzene rings is 5. The standard InChI is InChI=1S/C43H40O12/c1-4-40(44)52-22-18-48-16-20-50-36-12-10-30-25-34(8-6-32(30)27-36)42(46)54-38-14-15-39(29(3)24-38)55-43(47)35-9-7-33-28-37(13-11-31(33)26-35)51-21-17-49-19-23-53-41(45)5-2/h4-15,24-28H,1-2,16-23H2,3H3. The fourth-order valence-corrected chi connectivity index (χ4v) is 5.17. The lowest BCUT2D eigenvalue weighted by molar-refractivity contribution is -0.140. The van der Waals surface area contributed by atoms with Crippen LogP contribution < -0.4 is 18.9 Å². The number of rotatable bonds is 20. The van der Waals surface area contributed by atoms with E-state index in [9.17, 15) is 19.2 Å². The first-order valence-corrected chi connectivity index (χ1v) is 17.3. The van der Waals surface area contributed by atoms with E-state index in [1.807, 2.05) is 36.4 Å². The van der Waals surface area contributed by atoms with Gasteiger partial charge in [-0.1, -0.05) is 37.4 Å². The Bertz CT molecular complexity index is 2170. The van der Waals surface area contributed by atoms with Crippen molar-refractivity contribution < 1.29 is 57.1 Å². The summed E-state index contributed by atoms with van der Waals surface area (Å²) in [5.74, 6) is -0.145. The minimum atomic E-state index is -0.538. The molecule has 0 aliphatic heterocycles. The maximum atomic E-state index is 13.1. The van der Waals surface area contributed by atoms with Gasteiger partial charge in [0.05, 0.1) is 37.6 Å². The van der Waals surface area contributed by atoms with E-state index in [2.05, 4.69) is 13.2 Å². The molecule has 12 heteroatoms. The van der Waals surface area contributed by atoms with E-state index in [0.29, 0.717) is 66.1 Å². The molecule has 284 valence electrons. The van der Waals surface area contributed by atoms with Crippen molar-refractivity contribution in [2.45, 2.75) is 6.92 Å². The molecule has 0 heterocycles. The Kier molecular flexibility index (Phi) is 14.5. The Labute approximate surface area is 317 Å². The van der Waals surface area contributed by atoms with E-state index in [1.54, 1.807) is 61.5 Å². The summed E-state index contributed by atoms with van der Waals surface area (Å²) in [5.41, 5.74) is 1.34. The molecule has 55 heavy (non-hydrogen) atoms. The molecule has 0 atom stereocenters. The van der Waals surface area contributed by atoms with Crippen LogP contribution in [-0.4, -0.2) is 76.7 Å². The second-order valence-electron chi connectivity index (χ2n) is 11.8. The Morgan fingerprint density at radius 1 is 0.491 bits per heavy atom. The monoisotopic (exact) mass is 748 g/mol. The number of carbonyl (C=O) groups excluding carboxylic acids is 4. The van der Waals surface area contributed by atoms with Gasteiger partial charge in [-0.15, -0.1) is 0 Å². The van der Waals surface area contributed by atoms with Crippen molar-refractivity contribution in [3.63, 3.8) is 0 Å². The van der Waals surface area contributed by atoms with Gasteiger partial charge in [-0.2, -0.15) is 0 Å². The number of esters is 4. The van der Waals surface area contributed by atoms with Gasteiger partial charge in [0.1, 0.15) is 49.4 Å². The van der Waals surface area contributed by atoms with Crippen molar-refractivity contribution in [3.05, 3.63) is 133 Å². The van der Waals surface area contributed by atoms with Crippen molar-refractivity contribution in [3.8, 4) is 23.0 Å². The minimum absolute atomic E-state index is 0.139. The minimum Gasteiger partial charge on any atom is -0.491 e. The van der Waals surface area contributed by atoms with E-state index in [4.69, 9.17) is 37.9 Å². The maximum Gasteiger partial charge on any atom is 0.343 e. The molecular weight excluding hydrogens is 708 g/mol. The van der Waals surface area contributed by atoms with Crippen LogP contribution >= 0.6 is 0 Å². The van der Waals surface area contributed by atoms with Crippen molar-refractivity contribution in [1.82, 2.24) is 0 Å². The fourth-order valence-electron chi connectivity index (χ4n) is 5.17. The Morgan fingerprint density at radius 3 is 1.42 bits per heavy atom. The molecular formula is C43H40O12. The summed E-state index contributed by atoms with van der Waals surface area (Å²) in [6.07, 6.45) is 2.19. The number of ether oxygens (including phenoxy) is 8. The molecule has 0 spiro atoms. The summed E-state index contributed by atoms with van der Waals surface area (Å²) in [5, 5.41) is 3.40. The van der Waals surface area contributed by atoms with Gasteiger partial charge in [0.2, 0.25) is 0 Å². The molecule has 0 bridgehead atoms. The van der Waals surface area contributed by atoms with Crippen molar-refractivity contribution in [1.29, 1.82) is 0 Å². The summed E-state index contributed by atoms with van der Waals surface area (Å²) in [4.78, 5) is 48.2. The summed E-state index contributed by atoms with van der Waals surface area (Å²) in [6, 6.07) is 26.3. The molecule has 0 aliphatic carbocycles. The normalized spacial score (nSPS) is 10.7. The van der Waals surface area contributed by atoms with Crippen LogP contribution in [0.1, 0.15) is 26.3 Å². The van der Waals surface area contributed by atoms with E-state index in [1.165, 1.54) is 0 Å². The zero-order valence-electron chi connectivity index (χ0n) is 30.3. The van der Waals surface area contributed by atoms with Gasteiger partial charge in [0.15, 0.2) is 0 Å². The van der Waals surface area contributed by atoms with Gasteiger partial charge < -0.3 is 37.9 Å². The van der Waals surface area contributed by atoms with E-state index in [0.717, 1.165) is 33.7 Å². The van der Waals surface area contributed by atoms with Crippen LogP contribution in [-0.2, 0) is 28.5 Å². The first kappa shape index (κ1) is 39.7. The molecule has 5 aromatic rings. The Balaban J connectivity index is 1.08. The average molecular weight is 749 g/mol. The molecule has 0 radical (unpaired) electrons. The van der Waals surface area contributed by atoms with Crippen LogP contribution in [0.5, 0.6) is 23.0 Å². The smallest absolute Gasteiger partial charge is 0.343 e. The lowest BCUT2D eigenvalue weighted by atomic mass is 10.1. The van der Waals surface area contributed by atoms with Crippen LogP contribution in [0.4, 0.5) is 0 Å². The number of hydrogen-bond donors (Lipinski definition) is 0. The van der Waals surface area contributed by atoms with Gasteiger partial charge in [-0.25, -0.2) is 19.2 Å². The number of aryl methyl sites for hydroxylation is 1. The predicted molar refractivity (Wildman–Crippen MR) is 204 cm³/mol. The van der Waals surface area contributed by atoms with Crippen LogP contribution in [0.25, 0.3) is 21.5 Å². The molecule has 0 aliphatic rings. The zero-order valence-corrected chi connectivity index (χ0v) is 30.3. The molecule has 0 saturated carbocycles. The zero-order chi connectivity index (χ0) is 39.0. The van der Waals surface area contributed by atoms with Crippen LogP contribution in [0.3, 0.4) is 0 Å². The topological polar surface area (TPSA) is 142 Å². The molecule has 0 N–H and O–H groups in total. The Morgan fingerprint density at radius 2 is 0.927 bits per heavy atom. The fraction of sp³-hybridized carbons (Fsp3) is 0.209. The maximum absolute atomic E-state index is 13.1. The van der Waals surface area contributed by atoms with Crippen LogP contribution in [0, 0.1) is 6.92 Å².